The Bertz CT molecular complexity index is 690. The standard InChI is InChI=1S/C14H9BrClNO3/c1-19-12-3-2-8(16)6-10(12)11(7-17)13(18)9-4-5-20-14(9)15/h2-6,11H,1H3. The monoisotopic (exact) mass is 353 g/mol. The van der Waals surface area contributed by atoms with E-state index >= 15 is 0 Å². The number of benzene rings is 1. The van der Waals surface area contributed by atoms with Gasteiger partial charge in [-0.1, -0.05) is 11.6 Å². The van der Waals surface area contributed by atoms with E-state index in [1.54, 1.807) is 18.2 Å². The Labute approximate surface area is 129 Å². The molecule has 2 rings (SSSR count). The third kappa shape index (κ3) is 2.72. The molecule has 0 amide bonds. The lowest BCUT2D eigenvalue weighted by Gasteiger charge is -2.12. The molecule has 1 heterocycles. The third-order valence-electron chi connectivity index (χ3n) is 2.78. The first-order valence-corrected chi connectivity index (χ1v) is 6.75. The average Bonchev–Trinajstić information content (AvgIpc) is 2.86. The molecule has 0 aliphatic heterocycles. The van der Waals surface area contributed by atoms with Crippen molar-refractivity contribution in [3.63, 3.8) is 0 Å². The molecular weight excluding hydrogens is 346 g/mol. The zero-order chi connectivity index (χ0) is 14.7. The fourth-order valence-corrected chi connectivity index (χ4v) is 2.44. The predicted octanol–water partition coefficient (Wildman–Crippen LogP) is 4.19. The number of furan rings is 1. The second-order valence-corrected chi connectivity index (χ2v) is 5.08. The average molecular weight is 355 g/mol. The van der Waals surface area contributed by atoms with Crippen molar-refractivity contribution in [2.45, 2.75) is 5.92 Å². The minimum Gasteiger partial charge on any atom is -0.496 e. The molecular formula is C14H9BrClNO3. The topological polar surface area (TPSA) is 63.2 Å². The highest BCUT2D eigenvalue weighted by Gasteiger charge is 2.27. The van der Waals surface area contributed by atoms with Crippen LogP contribution in [0.5, 0.6) is 5.75 Å². The first-order valence-electron chi connectivity index (χ1n) is 5.58. The van der Waals surface area contributed by atoms with Crippen molar-refractivity contribution in [3.05, 3.63) is 51.3 Å². The number of halogens is 2. The van der Waals surface area contributed by atoms with Crippen molar-refractivity contribution in [2.24, 2.45) is 0 Å². The Morgan fingerprint density at radius 3 is 2.80 bits per heavy atom. The molecule has 0 spiro atoms. The van der Waals surface area contributed by atoms with E-state index in [0.717, 1.165) is 0 Å². The van der Waals surface area contributed by atoms with Gasteiger partial charge in [-0.3, -0.25) is 4.79 Å². The van der Waals surface area contributed by atoms with Crippen LogP contribution < -0.4 is 4.74 Å². The maximum Gasteiger partial charge on any atom is 0.189 e. The Kier molecular flexibility index (Phi) is 4.48. The summed E-state index contributed by atoms with van der Waals surface area (Å²) in [6.45, 7) is 0. The lowest BCUT2D eigenvalue weighted by atomic mass is 9.92. The fourth-order valence-electron chi connectivity index (χ4n) is 1.83. The number of hydrogen-bond donors (Lipinski definition) is 0. The lowest BCUT2D eigenvalue weighted by Crippen LogP contribution is -2.12. The molecule has 0 fully saturated rings. The van der Waals surface area contributed by atoms with Crippen LogP contribution in [0.15, 0.2) is 39.6 Å². The van der Waals surface area contributed by atoms with Gasteiger partial charge < -0.3 is 9.15 Å². The summed E-state index contributed by atoms with van der Waals surface area (Å²) in [7, 11) is 1.47. The van der Waals surface area contributed by atoms with Gasteiger partial charge in [-0.15, -0.1) is 0 Å². The van der Waals surface area contributed by atoms with Gasteiger partial charge >= 0.3 is 0 Å². The zero-order valence-electron chi connectivity index (χ0n) is 10.4. The molecule has 1 atom stereocenters. The Morgan fingerprint density at radius 1 is 1.50 bits per heavy atom. The minimum atomic E-state index is -1.02. The summed E-state index contributed by atoms with van der Waals surface area (Å²) >= 11 is 9.06. The van der Waals surface area contributed by atoms with Gasteiger partial charge in [0.1, 0.15) is 11.7 Å². The van der Waals surface area contributed by atoms with Crippen LogP contribution in [-0.4, -0.2) is 12.9 Å². The number of rotatable bonds is 4. The molecule has 20 heavy (non-hydrogen) atoms. The van der Waals surface area contributed by atoms with Gasteiger partial charge in [-0.2, -0.15) is 5.26 Å². The normalized spacial score (nSPS) is 11.7. The molecule has 0 aliphatic carbocycles. The summed E-state index contributed by atoms with van der Waals surface area (Å²) in [5.41, 5.74) is 0.735. The molecule has 0 radical (unpaired) electrons. The van der Waals surface area contributed by atoms with Crippen LogP contribution in [-0.2, 0) is 0 Å². The first kappa shape index (κ1) is 14.6. The van der Waals surface area contributed by atoms with Crippen LogP contribution in [0.4, 0.5) is 0 Å². The second-order valence-electron chi connectivity index (χ2n) is 3.92. The van der Waals surface area contributed by atoms with Crippen LogP contribution in [0.1, 0.15) is 21.8 Å². The minimum absolute atomic E-state index is 0.295. The van der Waals surface area contributed by atoms with Crippen molar-refractivity contribution in [1.29, 1.82) is 5.26 Å². The number of nitriles is 1. The maximum atomic E-state index is 12.4. The molecule has 1 aromatic heterocycles. The van der Waals surface area contributed by atoms with E-state index in [9.17, 15) is 10.1 Å². The number of hydrogen-bond acceptors (Lipinski definition) is 4. The SMILES string of the molecule is COc1ccc(Cl)cc1C(C#N)C(=O)c1ccoc1Br. The van der Waals surface area contributed by atoms with Crippen LogP contribution in [0.25, 0.3) is 0 Å². The van der Waals surface area contributed by atoms with E-state index in [0.29, 0.717) is 26.6 Å². The number of Topliss-reactive ketones (excluding diaryl/α,β-unsaturated/α-hetero) is 1. The van der Waals surface area contributed by atoms with Crippen LogP contribution >= 0.6 is 27.5 Å². The molecule has 4 nitrogen and oxygen atoms in total. The van der Waals surface area contributed by atoms with E-state index < -0.39 is 5.92 Å². The van der Waals surface area contributed by atoms with E-state index in [4.69, 9.17) is 20.8 Å². The highest BCUT2D eigenvalue weighted by Crippen LogP contribution is 2.33. The van der Waals surface area contributed by atoms with Crippen molar-refractivity contribution >= 4 is 33.3 Å². The predicted molar refractivity (Wildman–Crippen MR) is 77.1 cm³/mol. The van der Waals surface area contributed by atoms with Crippen molar-refractivity contribution < 1.29 is 13.9 Å². The summed E-state index contributed by atoms with van der Waals surface area (Å²) in [6.07, 6.45) is 1.38. The summed E-state index contributed by atoms with van der Waals surface area (Å²) in [5.74, 6) is -0.958. The number of carbonyl (C=O) groups is 1. The molecule has 0 bridgehead atoms. The number of carbonyl (C=O) groups excluding carboxylic acids is 1. The van der Waals surface area contributed by atoms with E-state index in [-0.39, 0.29) is 5.78 Å². The Morgan fingerprint density at radius 2 is 2.25 bits per heavy atom. The molecule has 0 N–H and O–H groups in total. The first-order chi connectivity index (χ1) is 9.58. The quantitative estimate of drug-likeness (QED) is 0.772. The van der Waals surface area contributed by atoms with Gasteiger partial charge in [0.15, 0.2) is 10.5 Å². The van der Waals surface area contributed by atoms with E-state index in [1.165, 1.54) is 19.4 Å². The van der Waals surface area contributed by atoms with Crippen LogP contribution in [0.2, 0.25) is 5.02 Å². The zero-order valence-corrected chi connectivity index (χ0v) is 12.7. The van der Waals surface area contributed by atoms with Crippen molar-refractivity contribution in [1.82, 2.24) is 0 Å². The molecule has 1 unspecified atom stereocenters. The summed E-state index contributed by atoms with van der Waals surface area (Å²) in [6, 6.07) is 8.31. The smallest absolute Gasteiger partial charge is 0.189 e. The molecule has 0 saturated carbocycles. The van der Waals surface area contributed by atoms with Crippen LogP contribution in [0.3, 0.4) is 0 Å². The highest BCUT2D eigenvalue weighted by atomic mass is 79.9. The Balaban J connectivity index is 2.49. The number of ketones is 1. The van der Waals surface area contributed by atoms with Crippen molar-refractivity contribution in [2.75, 3.05) is 7.11 Å². The van der Waals surface area contributed by atoms with Crippen LogP contribution in [0, 0.1) is 11.3 Å². The summed E-state index contributed by atoms with van der Waals surface area (Å²) in [5, 5.41) is 9.77. The Hall–Kier alpha value is -1.77. The van der Waals surface area contributed by atoms with E-state index in [1.807, 2.05) is 6.07 Å². The van der Waals surface area contributed by atoms with Gasteiger partial charge in [-0.05, 0) is 40.2 Å². The van der Waals surface area contributed by atoms with Crippen molar-refractivity contribution in [3.8, 4) is 11.8 Å². The molecule has 2 aromatic rings. The fraction of sp³-hybridized carbons (Fsp3) is 0.143. The van der Waals surface area contributed by atoms with Gasteiger partial charge in [0.25, 0.3) is 0 Å². The van der Waals surface area contributed by atoms with Gasteiger partial charge in [0.2, 0.25) is 0 Å². The molecule has 0 aliphatic rings. The number of nitrogens with zero attached hydrogens (tertiary/aromatic N) is 1. The largest absolute Gasteiger partial charge is 0.496 e. The second kappa shape index (κ2) is 6.12. The number of methoxy groups -OCH3 is 1. The summed E-state index contributed by atoms with van der Waals surface area (Å²) < 4.78 is 10.5. The van der Waals surface area contributed by atoms with Gasteiger partial charge in [-0.25, -0.2) is 0 Å². The maximum absolute atomic E-state index is 12.4. The highest BCUT2D eigenvalue weighted by molar-refractivity contribution is 9.10. The molecule has 1 aromatic carbocycles. The van der Waals surface area contributed by atoms with Gasteiger partial charge in [0, 0.05) is 10.6 Å². The summed E-state index contributed by atoms with van der Waals surface area (Å²) in [4.78, 5) is 12.4. The lowest BCUT2D eigenvalue weighted by molar-refractivity contribution is 0.0976. The third-order valence-corrected chi connectivity index (χ3v) is 3.63. The molecule has 6 heteroatoms. The molecule has 0 saturated heterocycles. The number of ether oxygens (including phenoxy) is 1. The van der Waals surface area contributed by atoms with Gasteiger partial charge in [0.05, 0.1) is 25.0 Å². The molecule has 102 valence electrons. The van der Waals surface area contributed by atoms with E-state index in [2.05, 4.69) is 15.9 Å².